The SMILES string of the molecule is CC(NC(=O)CN1CCCC1c1ccc2c(c1)OCCCO2)c1ccc(F)cc1. The number of fused-ring (bicyclic) bond motifs is 1. The van der Waals surface area contributed by atoms with Crippen molar-refractivity contribution in [2.24, 2.45) is 0 Å². The first-order chi connectivity index (χ1) is 14.1. The molecular weight excluding hydrogens is 371 g/mol. The van der Waals surface area contributed by atoms with Crippen LogP contribution in [0.15, 0.2) is 42.5 Å². The maximum absolute atomic E-state index is 13.1. The third kappa shape index (κ3) is 4.70. The van der Waals surface area contributed by atoms with E-state index in [0.717, 1.165) is 48.4 Å². The number of carbonyl (C=O) groups excluding carboxylic acids is 1. The molecule has 1 N–H and O–H groups in total. The minimum absolute atomic E-state index is 0.0249. The van der Waals surface area contributed by atoms with E-state index in [1.165, 1.54) is 12.1 Å². The Bertz CT molecular complexity index is 856. The molecule has 0 saturated carbocycles. The standard InChI is InChI=1S/C23H27FN2O3/c1-16(17-5-8-19(24)9-6-17)25-23(27)15-26-11-2-4-20(26)18-7-10-21-22(14-18)29-13-3-12-28-21/h5-10,14,16,20H,2-4,11-13,15H2,1H3,(H,25,27). The predicted molar refractivity (Wildman–Crippen MR) is 109 cm³/mol. The van der Waals surface area contributed by atoms with Crippen LogP contribution >= 0.6 is 0 Å². The van der Waals surface area contributed by atoms with Crippen molar-refractivity contribution in [3.05, 3.63) is 59.4 Å². The van der Waals surface area contributed by atoms with E-state index in [0.29, 0.717) is 19.8 Å². The normalized spacial score (nSPS) is 20.1. The molecule has 29 heavy (non-hydrogen) atoms. The van der Waals surface area contributed by atoms with Crippen molar-refractivity contribution < 1.29 is 18.7 Å². The summed E-state index contributed by atoms with van der Waals surface area (Å²) in [6, 6.07) is 12.4. The van der Waals surface area contributed by atoms with Gasteiger partial charge in [-0.3, -0.25) is 9.69 Å². The van der Waals surface area contributed by atoms with Crippen LogP contribution in [0, 0.1) is 5.82 Å². The Balaban J connectivity index is 1.40. The Hall–Kier alpha value is -2.60. The van der Waals surface area contributed by atoms with Gasteiger partial charge < -0.3 is 14.8 Å². The summed E-state index contributed by atoms with van der Waals surface area (Å²) < 4.78 is 24.7. The topological polar surface area (TPSA) is 50.8 Å². The maximum atomic E-state index is 13.1. The van der Waals surface area contributed by atoms with Crippen LogP contribution in [0.2, 0.25) is 0 Å². The summed E-state index contributed by atoms with van der Waals surface area (Å²) in [6.07, 6.45) is 2.95. The van der Waals surface area contributed by atoms with Gasteiger partial charge in [0.05, 0.1) is 25.8 Å². The van der Waals surface area contributed by atoms with E-state index in [4.69, 9.17) is 9.47 Å². The number of nitrogens with zero attached hydrogens (tertiary/aromatic N) is 1. The van der Waals surface area contributed by atoms with Crippen LogP contribution in [-0.4, -0.2) is 37.1 Å². The fraction of sp³-hybridized carbons (Fsp3) is 0.435. The van der Waals surface area contributed by atoms with Gasteiger partial charge in [0.1, 0.15) is 5.82 Å². The molecule has 2 aromatic carbocycles. The molecule has 2 unspecified atom stereocenters. The molecule has 4 rings (SSSR count). The third-order valence-corrected chi connectivity index (χ3v) is 5.61. The Kier molecular flexibility index (Phi) is 6.00. The van der Waals surface area contributed by atoms with Gasteiger partial charge in [-0.2, -0.15) is 0 Å². The lowest BCUT2D eigenvalue weighted by Crippen LogP contribution is -2.38. The number of carbonyl (C=O) groups is 1. The van der Waals surface area contributed by atoms with Gasteiger partial charge in [-0.25, -0.2) is 4.39 Å². The molecule has 1 amide bonds. The van der Waals surface area contributed by atoms with Gasteiger partial charge in [0.2, 0.25) is 5.91 Å². The minimum Gasteiger partial charge on any atom is -0.490 e. The Morgan fingerprint density at radius 1 is 1.14 bits per heavy atom. The first kappa shape index (κ1) is 19.7. The molecule has 0 aliphatic carbocycles. The zero-order valence-electron chi connectivity index (χ0n) is 16.7. The minimum atomic E-state index is -0.276. The fourth-order valence-corrected chi connectivity index (χ4v) is 4.09. The van der Waals surface area contributed by atoms with Crippen molar-refractivity contribution in [1.29, 1.82) is 0 Å². The highest BCUT2D eigenvalue weighted by Crippen LogP contribution is 2.37. The van der Waals surface area contributed by atoms with Gasteiger partial charge in [0.15, 0.2) is 11.5 Å². The Morgan fingerprint density at radius 3 is 2.69 bits per heavy atom. The van der Waals surface area contributed by atoms with Crippen molar-refractivity contribution in [2.45, 2.75) is 38.3 Å². The zero-order chi connectivity index (χ0) is 20.2. The van der Waals surface area contributed by atoms with Gasteiger partial charge in [-0.1, -0.05) is 18.2 Å². The number of hydrogen-bond donors (Lipinski definition) is 1. The number of rotatable bonds is 5. The summed E-state index contributed by atoms with van der Waals surface area (Å²) in [6.45, 7) is 4.47. The predicted octanol–water partition coefficient (Wildman–Crippen LogP) is 4.00. The first-order valence-corrected chi connectivity index (χ1v) is 10.3. The molecule has 2 heterocycles. The second kappa shape index (κ2) is 8.82. The summed E-state index contributed by atoms with van der Waals surface area (Å²) in [4.78, 5) is 14.8. The number of nitrogens with one attached hydrogen (secondary N) is 1. The quantitative estimate of drug-likeness (QED) is 0.827. The molecule has 5 nitrogen and oxygen atoms in total. The second-order valence-electron chi connectivity index (χ2n) is 7.73. The summed E-state index contributed by atoms with van der Waals surface area (Å²) in [5, 5.41) is 3.02. The molecule has 2 aliphatic rings. The van der Waals surface area contributed by atoms with Gasteiger partial charge in [-0.15, -0.1) is 0 Å². The van der Waals surface area contributed by atoms with Crippen molar-refractivity contribution in [3.63, 3.8) is 0 Å². The highest BCUT2D eigenvalue weighted by Gasteiger charge is 2.29. The van der Waals surface area contributed by atoms with E-state index >= 15 is 0 Å². The Morgan fingerprint density at radius 2 is 1.90 bits per heavy atom. The molecule has 0 spiro atoms. The molecule has 0 bridgehead atoms. The number of hydrogen-bond acceptors (Lipinski definition) is 4. The zero-order valence-corrected chi connectivity index (χ0v) is 16.7. The summed E-state index contributed by atoms with van der Waals surface area (Å²) in [7, 11) is 0. The van der Waals surface area contributed by atoms with E-state index in [2.05, 4.69) is 22.3 Å². The van der Waals surface area contributed by atoms with E-state index < -0.39 is 0 Å². The average molecular weight is 398 g/mol. The van der Waals surface area contributed by atoms with Crippen LogP contribution in [0.4, 0.5) is 4.39 Å². The molecule has 2 atom stereocenters. The summed E-state index contributed by atoms with van der Waals surface area (Å²) in [5.41, 5.74) is 2.05. The van der Waals surface area contributed by atoms with Crippen LogP contribution in [0.3, 0.4) is 0 Å². The molecule has 154 valence electrons. The van der Waals surface area contributed by atoms with Crippen LogP contribution in [0.1, 0.15) is 49.4 Å². The molecule has 0 radical (unpaired) electrons. The van der Waals surface area contributed by atoms with Gasteiger partial charge in [0.25, 0.3) is 0 Å². The van der Waals surface area contributed by atoms with E-state index in [1.54, 1.807) is 12.1 Å². The maximum Gasteiger partial charge on any atom is 0.234 e. The lowest BCUT2D eigenvalue weighted by atomic mass is 10.0. The van der Waals surface area contributed by atoms with Crippen LogP contribution < -0.4 is 14.8 Å². The molecule has 0 aromatic heterocycles. The number of ether oxygens (including phenoxy) is 2. The van der Waals surface area contributed by atoms with Crippen LogP contribution in [0.5, 0.6) is 11.5 Å². The molecule has 1 fully saturated rings. The van der Waals surface area contributed by atoms with E-state index in [1.807, 2.05) is 13.0 Å². The van der Waals surface area contributed by atoms with E-state index in [-0.39, 0.29) is 23.8 Å². The number of halogens is 1. The average Bonchev–Trinajstić information content (AvgIpc) is 3.03. The monoisotopic (exact) mass is 398 g/mol. The van der Waals surface area contributed by atoms with Crippen LogP contribution in [-0.2, 0) is 4.79 Å². The van der Waals surface area contributed by atoms with Crippen molar-refractivity contribution >= 4 is 5.91 Å². The van der Waals surface area contributed by atoms with Gasteiger partial charge in [0, 0.05) is 12.5 Å². The number of likely N-dealkylation sites (tertiary alicyclic amines) is 1. The van der Waals surface area contributed by atoms with Crippen molar-refractivity contribution in [1.82, 2.24) is 10.2 Å². The first-order valence-electron chi connectivity index (χ1n) is 10.3. The highest BCUT2D eigenvalue weighted by molar-refractivity contribution is 5.78. The van der Waals surface area contributed by atoms with Gasteiger partial charge in [-0.05, 0) is 61.7 Å². The highest BCUT2D eigenvalue weighted by atomic mass is 19.1. The molecular formula is C23H27FN2O3. The third-order valence-electron chi connectivity index (χ3n) is 5.61. The fourth-order valence-electron chi connectivity index (χ4n) is 4.09. The summed E-state index contributed by atoms with van der Waals surface area (Å²) >= 11 is 0. The Labute approximate surface area is 170 Å². The van der Waals surface area contributed by atoms with Crippen LogP contribution in [0.25, 0.3) is 0 Å². The van der Waals surface area contributed by atoms with Crippen molar-refractivity contribution in [2.75, 3.05) is 26.3 Å². The lowest BCUT2D eigenvalue weighted by Gasteiger charge is -2.25. The molecule has 1 saturated heterocycles. The van der Waals surface area contributed by atoms with Crippen molar-refractivity contribution in [3.8, 4) is 11.5 Å². The molecule has 2 aliphatic heterocycles. The molecule has 6 heteroatoms. The number of benzene rings is 2. The largest absolute Gasteiger partial charge is 0.490 e. The molecule has 2 aromatic rings. The number of amides is 1. The lowest BCUT2D eigenvalue weighted by molar-refractivity contribution is -0.123. The van der Waals surface area contributed by atoms with Gasteiger partial charge >= 0.3 is 0 Å². The summed E-state index contributed by atoms with van der Waals surface area (Å²) in [5.74, 6) is 1.29. The second-order valence-corrected chi connectivity index (χ2v) is 7.73. The van der Waals surface area contributed by atoms with E-state index in [9.17, 15) is 9.18 Å². The smallest absolute Gasteiger partial charge is 0.234 e.